The molecule has 0 radical (unpaired) electrons. The summed E-state index contributed by atoms with van der Waals surface area (Å²) in [5, 5.41) is 2.35. The molecule has 0 spiro atoms. The van der Waals surface area contributed by atoms with E-state index < -0.39 is 0 Å². The van der Waals surface area contributed by atoms with Crippen LogP contribution in [0.1, 0.15) is 88.1 Å². The zero-order chi connectivity index (χ0) is 33.8. The number of furan rings is 1. The van der Waals surface area contributed by atoms with Gasteiger partial charge in [0.05, 0.1) is 16.9 Å². The summed E-state index contributed by atoms with van der Waals surface area (Å²) in [4.78, 5) is 5.43. The van der Waals surface area contributed by atoms with Gasteiger partial charge >= 0.3 is 0 Å². The van der Waals surface area contributed by atoms with Crippen molar-refractivity contribution < 1.29 is 4.42 Å². The molecule has 6 aromatic rings. The maximum absolute atomic E-state index is 6.95. The Labute approximate surface area is 291 Å². The monoisotopic (exact) mass is 640 g/mol. The Morgan fingerprint density at radius 2 is 1.43 bits per heavy atom. The van der Waals surface area contributed by atoms with Gasteiger partial charge in [-0.05, 0) is 108 Å². The summed E-state index contributed by atoms with van der Waals surface area (Å²) in [5.74, 6) is 0. The largest absolute Gasteiger partial charge is 0.454 e. The average Bonchev–Trinajstić information content (AvgIpc) is 3.54. The Balaban J connectivity index is 1.36. The number of nitrogens with zero attached hydrogens (tertiary/aromatic N) is 2. The van der Waals surface area contributed by atoms with Gasteiger partial charge in [0.1, 0.15) is 5.58 Å². The van der Waals surface area contributed by atoms with Crippen molar-refractivity contribution in [3.8, 4) is 0 Å². The van der Waals surface area contributed by atoms with Gasteiger partial charge in [-0.2, -0.15) is 0 Å². The first-order valence-corrected chi connectivity index (χ1v) is 18.4. The number of aryl methyl sites for hydroxylation is 3. The smallest absolute Gasteiger partial charge is 0.252 e. The van der Waals surface area contributed by atoms with Gasteiger partial charge in [-0.1, -0.05) is 101 Å². The first-order chi connectivity index (χ1) is 23.4. The summed E-state index contributed by atoms with van der Waals surface area (Å²) in [6, 6.07) is 30.3. The van der Waals surface area contributed by atoms with E-state index in [1.807, 2.05) is 0 Å². The average molecular weight is 641 g/mol. The van der Waals surface area contributed by atoms with Crippen LogP contribution in [0.2, 0.25) is 0 Å². The van der Waals surface area contributed by atoms with Gasteiger partial charge in [0.25, 0.3) is 6.71 Å². The molecule has 3 nitrogen and oxygen atoms in total. The van der Waals surface area contributed by atoms with Crippen LogP contribution in [-0.2, 0) is 10.8 Å². The Morgan fingerprint density at radius 1 is 0.714 bits per heavy atom. The van der Waals surface area contributed by atoms with E-state index in [1.165, 1.54) is 104 Å². The molecule has 4 aliphatic rings. The van der Waals surface area contributed by atoms with Crippen LogP contribution in [0.25, 0.3) is 21.9 Å². The summed E-state index contributed by atoms with van der Waals surface area (Å²) in [6.45, 7) is 19.1. The zero-order valence-electron chi connectivity index (χ0n) is 30.2. The zero-order valence-corrected chi connectivity index (χ0v) is 30.2. The number of fused-ring (bicyclic) bond motifs is 11. The number of hydrogen-bond donors (Lipinski definition) is 0. The number of para-hydroxylation sites is 2. The highest BCUT2D eigenvalue weighted by Crippen LogP contribution is 2.62. The minimum atomic E-state index is 0.0181. The highest BCUT2D eigenvalue weighted by atomic mass is 16.3. The molecule has 4 heterocycles. The fraction of sp³-hybridized carbons (Fsp3) is 0.333. The van der Waals surface area contributed by atoms with Gasteiger partial charge in [-0.15, -0.1) is 0 Å². The molecule has 4 heteroatoms. The topological polar surface area (TPSA) is 19.6 Å². The number of benzene rings is 5. The number of hydrogen-bond acceptors (Lipinski definition) is 3. The van der Waals surface area contributed by atoms with E-state index >= 15 is 0 Å². The Morgan fingerprint density at radius 3 is 2.20 bits per heavy atom. The van der Waals surface area contributed by atoms with E-state index in [1.54, 1.807) is 5.56 Å². The third-order valence-electron chi connectivity index (χ3n) is 13.2. The molecule has 3 aliphatic heterocycles. The SMILES string of the molecule is Cc1cc2c3c(c1)N1c4c(cccc4C4(C)CCCCC14C)B3c1ccc3c(oc4ccccc43)c1N2c1c(C)cc(C(C)(C)C)cc1C. The fourth-order valence-corrected chi connectivity index (χ4v) is 10.7. The highest BCUT2D eigenvalue weighted by molar-refractivity contribution is 7.00. The predicted octanol–water partition coefficient (Wildman–Crippen LogP) is 10.2. The van der Waals surface area contributed by atoms with Crippen LogP contribution < -0.4 is 26.2 Å². The maximum Gasteiger partial charge on any atom is 0.252 e. The van der Waals surface area contributed by atoms with Gasteiger partial charge in [0.2, 0.25) is 0 Å². The van der Waals surface area contributed by atoms with Crippen LogP contribution in [0.5, 0.6) is 0 Å². The molecule has 0 saturated heterocycles. The molecule has 5 aromatic carbocycles. The molecule has 1 saturated carbocycles. The quantitative estimate of drug-likeness (QED) is 0.167. The van der Waals surface area contributed by atoms with Crippen molar-refractivity contribution in [1.29, 1.82) is 0 Å². The Kier molecular flexibility index (Phi) is 5.66. The molecule has 2 atom stereocenters. The third-order valence-corrected chi connectivity index (χ3v) is 13.2. The molecule has 0 N–H and O–H groups in total. The molecule has 0 amide bonds. The van der Waals surface area contributed by atoms with E-state index in [0.29, 0.717) is 0 Å². The normalized spacial score (nSPS) is 22.0. The molecular formula is C45H45BN2O. The minimum absolute atomic E-state index is 0.0181. The molecule has 244 valence electrons. The van der Waals surface area contributed by atoms with E-state index in [4.69, 9.17) is 4.42 Å². The minimum Gasteiger partial charge on any atom is -0.454 e. The van der Waals surface area contributed by atoms with Crippen molar-refractivity contribution in [2.75, 3.05) is 9.80 Å². The molecule has 1 aromatic heterocycles. The predicted molar refractivity (Wildman–Crippen MR) is 209 cm³/mol. The van der Waals surface area contributed by atoms with E-state index in [2.05, 4.69) is 144 Å². The van der Waals surface area contributed by atoms with Crippen molar-refractivity contribution in [3.05, 3.63) is 107 Å². The lowest BCUT2D eigenvalue weighted by molar-refractivity contribution is 0.195. The van der Waals surface area contributed by atoms with Crippen LogP contribution in [0.3, 0.4) is 0 Å². The Bertz CT molecular complexity index is 2410. The summed E-state index contributed by atoms with van der Waals surface area (Å²) >= 11 is 0. The van der Waals surface area contributed by atoms with Crippen molar-refractivity contribution in [2.24, 2.45) is 0 Å². The third kappa shape index (κ3) is 3.55. The van der Waals surface area contributed by atoms with Crippen molar-refractivity contribution >= 4 is 73.5 Å². The molecule has 49 heavy (non-hydrogen) atoms. The van der Waals surface area contributed by atoms with Crippen molar-refractivity contribution in [1.82, 2.24) is 0 Å². The second-order valence-electron chi connectivity index (χ2n) is 17.1. The first kappa shape index (κ1) is 29.5. The van der Waals surface area contributed by atoms with Crippen LogP contribution in [0.4, 0.5) is 28.4 Å². The molecule has 1 aliphatic carbocycles. The van der Waals surface area contributed by atoms with Crippen molar-refractivity contribution in [2.45, 2.75) is 97.4 Å². The van der Waals surface area contributed by atoms with Crippen molar-refractivity contribution in [3.63, 3.8) is 0 Å². The van der Waals surface area contributed by atoms with Crippen LogP contribution in [-0.4, -0.2) is 12.3 Å². The molecular weight excluding hydrogens is 595 g/mol. The second kappa shape index (κ2) is 9.41. The summed E-state index contributed by atoms with van der Waals surface area (Å²) in [7, 11) is 0. The fourth-order valence-electron chi connectivity index (χ4n) is 10.7. The Hall–Kier alpha value is -4.44. The second-order valence-corrected chi connectivity index (χ2v) is 17.1. The maximum atomic E-state index is 6.95. The highest BCUT2D eigenvalue weighted by Gasteiger charge is 2.61. The van der Waals surface area contributed by atoms with E-state index in [-0.39, 0.29) is 23.1 Å². The van der Waals surface area contributed by atoms with Gasteiger partial charge < -0.3 is 14.2 Å². The van der Waals surface area contributed by atoms with Crippen LogP contribution >= 0.6 is 0 Å². The summed E-state index contributed by atoms with van der Waals surface area (Å²) < 4.78 is 6.95. The van der Waals surface area contributed by atoms with E-state index in [0.717, 1.165) is 11.2 Å². The van der Waals surface area contributed by atoms with Gasteiger partial charge in [-0.3, -0.25) is 0 Å². The lowest BCUT2D eigenvalue weighted by Gasteiger charge is -2.53. The van der Waals surface area contributed by atoms with Crippen LogP contribution in [0.15, 0.2) is 83.3 Å². The van der Waals surface area contributed by atoms with Crippen LogP contribution in [0, 0.1) is 20.8 Å². The summed E-state index contributed by atoms with van der Waals surface area (Å²) in [6.07, 6.45) is 5.01. The molecule has 2 unspecified atom stereocenters. The number of rotatable bonds is 1. The summed E-state index contributed by atoms with van der Waals surface area (Å²) in [5.41, 5.74) is 19.7. The lowest BCUT2D eigenvalue weighted by Crippen LogP contribution is -2.64. The van der Waals surface area contributed by atoms with Gasteiger partial charge in [0, 0.05) is 33.2 Å². The van der Waals surface area contributed by atoms with E-state index in [9.17, 15) is 0 Å². The lowest BCUT2D eigenvalue weighted by atomic mass is 9.33. The molecule has 10 rings (SSSR count). The molecule has 1 fully saturated rings. The molecule has 0 bridgehead atoms. The van der Waals surface area contributed by atoms with Gasteiger partial charge in [0.15, 0.2) is 5.58 Å². The standard InChI is InChI=1S/C45H45BN2O/c1-26-22-35-38-36(23-26)48-40-32(44(7)20-11-12-21-45(44,48)8)15-13-16-33(40)46(38)34-19-18-31-30-14-9-10-17-37(30)49-42(31)41(34)47(35)39-27(2)24-29(25-28(39)3)43(4,5)6/h9-10,13-19,22-25H,11-12,20-21H2,1-8H3. The van der Waals surface area contributed by atoms with Gasteiger partial charge in [-0.25, -0.2) is 0 Å². The first-order valence-electron chi connectivity index (χ1n) is 18.4. The number of anilines is 5.